The van der Waals surface area contributed by atoms with Gasteiger partial charge in [-0.25, -0.2) is 14.4 Å². The quantitative estimate of drug-likeness (QED) is 0.397. The molecule has 1 fully saturated rings. The van der Waals surface area contributed by atoms with Gasteiger partial charge in [0.2, 0.25) is 0 Å². The van der Waals surface area contributed by atoms with Gasteiger partial charge >= 0.3 is 6.18 Å². The molecule has 0 radical (unpaired) electrons. The first kappa shape index (κ1) is 23.9. The summed E-state index contributed by atoms with van der Waals surface area (Å²) >= 11 is 0. The number of halogens is 4. The fraction of sp³-hybridized carbons (Fsp3) is 0.333. The second-order valence-electron chi connectivity index (χ2n) is 8.69. The van der Waals surface area contributed by atoms with Crippen LogP contribution < -0.4 is 10.5 Å². The van der Waals surface area contributed by atoms with E-state index in [-0.39, 0.29) is 33.8 Å². The van der Waals surface area contributed by atoms with Gasteiger partial charge in [0.05, 0.1) is 23.8 Å². The number of hydrogen-bond donors (Lipinski definition) is 0. The van der Waals surface area contributed by atoms with Crippen molar-refractivity contribution in [3.63, 3.8) is 0 Å². The highest BCUT2D eigenvalue weighted by Crippen LogP contribution is 2.35. The lowest BCUT2D eigenvalue weighted by molar-refractivity contribution is -0.137. The van der Waals surface area contributed by atoms with E-state index in [1.165, 1.54) is 4.57 Å². The topological polar surface area (TPSA) is 78.1 Å². The molecule has 5 rings (SSSR count). The van der Waals surface area contributed by atoms with E-state index in [2.05, 4.69) is 15.1 Å². The van der Waals surface area contributed by atoms with Crippen LogP contribution >= 0.6 is 0 Å². The lowest BCUT2D eigenvalue weighted by atomic mass is 10.0. The Hall–Kier alpha value is -3.80. The number of ether oxygens (including phenoxy) is 1. The molecule has 3 aromatic heterocycles. The summed E-state index contributed by atoms with van der Waals surface area (Å²) in [5.74, 6) is -0.374. The molecule has 1 aliphatic heterocycles. The first-order valence-corrected chi connectivity index (χ1v) is 11.1. The Labute approximate surface area is 202 Å². The monoisotopic (exact) mass is 502 g/mol. The van der Waals surface area contributed by atoms with E-state index in [1.807, 2.05) is 11.1 Å². The third-order valence-electron chi connectivity index (χ3n) is 6.31. The van der Waals surface area contributed by atoms with E-state index < -0.39 is 17.6 Å². The van der Waals surface area contributed by atoms with E-state index in [0.717, 1.165) is 17.7 Å². The average Bonchev–Trinajstić information content (AvgIpc) is 3.28. The molecular formula is C24H22F4N6O2. The zero-order chi connectivity index (χ0) is 25.8. The number of aryl methyl sites for hydroxylation is 2. The van der Waals surface area contributed by atoms with Gasteiger partial charge in [-0.1, -0.05) is 0 Å². The fourth-order valence-corrected chi connectivity index (χ4v) is 4.26. The molecule has 1 atom stereocenters. The molecule has 0 spiro atoms. The normalized spacial score (nSPS) is 16.6. The van der Waals surface area contributed by atoms with E-state index in [1.54, 1.807) is 38.0 Å². The number of pyridine rings is 1. The molecule has 4 heterocycles. The number of anilines is 1. The van der Waals surface area contributed by atoms with Crippen LogP contribution in [0.25, 0.3) is 22.2 Å². The van der Waals surface area contributed by atoms with E-state index in [4.69, 9.17) is 4.74 Å². The van der Waals surface area contributed by atoms with Crippen molar-refractivity contribution in [3.05, 3.63) is 69.8 Å². The summed E-state index contributed by atoms with van der Waals surface area (Å²) in [5, 5.41) is 4.36. The summed E-state index contributed by atoms with van der Waals surface area (Å²) in [6.07, 6.45) is -1.47. The Morgan fingerprint density at radius 1 is 1.14 bits per heavy atom. The van der Waals surface area contributed by atoms with Gasteiger partial charge in [0.15, 0.2) is 0 Å². The zero-order valence-corrected chi connectivity index (χ0v) is 19.7. The van der Waals surface area contributed by atoms with Crippen LogP contribution in [0.4, 0.5) is 23.4 Å². The van der Waals surface area contributed by atoms with Crippen molar-refractivity contribution in [3.8, 4) is 11.3 Å². The predicted octanol–water partition coefficient (Wildman–Crippen LogP) is 3.77. The van der Waals surface area contributed by atoms with Gasteiger partial charge in [-0.15, -0.1) is 0 Å². The van der Waals surface area contributed by atoms with Gasteiger partial charge in [-0.3, -0.25) is 14.0 Å². The van der Waals surface area contributed by atoms with Gasteiger partial charge in [-0.2, -0.15) is 18.3 Å². The second kappa shape index (κ2) is 8.70. The molecule has 12 heteroatoms. The Bertz CT molecular complexity index is 1530. The first-order valence-electron chi connectivity index (χ1n) is 11.1. The van der Waals surface area contributed by atoms with E-state index >= 15 is 4.39 Å². The highest BCUT2D eigenvalue weighted by Gasteiger charge is 2.32. The van der Waals surface area contributed by atoms with Crippen LogP contribution in [-0.2, 0) is 25.0 Å². The minimum atomic E-state index is -4.70. The summed E-state index contributed by atoms with van der Waals surface area (Å²) in [5.41, 5.74) is -0.671. The fourth-order valence-electron chi connectivity index (χ4n) is 4.26. The maximum Gasteiger partial charge on any atom is 0.416 e. The summed E-state index contributed by atoms with van der Waals surface area (Å²) < 4.78 is 63.3. The van der Waals surface area contributed by atoms with Gasteiger partial charge in [0, 0.05) is 44.5 Å². The van der Waals surface area contributed by atoms with Crippen molar-refractivity contribution in [2.75, 3.05) is 24.6 Å². The maximum absolute atomic E-state index is 15.0. The number of benzene rings is 1. The summed E-state index contributed by atoms with van der Waals surface area (Å²) in [7, 11) is 3.36. The van der Waals surface area contributed by atoms with Crippen LogP contribution in [0.15, 0.2) is 41.5 Å². The Morgan fingerprint density at radius 2 is 1.92 bits per heavy atom. The number of rotatable bonds is 3. The lowest BCUT2D eigenvalue weighted by Gasteiger charge is -2.33. The Morgan fingerprint density at radius 3 is 2.58 bits per heavy atom. The molecule has 0 aliphatic carbocycles. The van der Waals surface area contributed by atoms with Crippen molar-refractivity contribution in [2.24, 2.45) is 14.1 Å². The van der Waals surface area contributed by atoms with E-state index in [9.17, 15) is 18.0 Å². The molecule has 0 amide bonds. The molecule has 0 bridgehead atoms. The largest absolute Gasteiger partial charge is 0.416 e. The van der Waals surface area contributed by atoms with Crippen LogP contribution in [0.1, 0.15) is 23.1 Å². The molecule has 188 valence electrons. The Kier molecular flexibility index (Phi) is 5.78. The second-order valence-corrected chi connectivity index (χ2v) is 8.69. The molecule has 0 unspecified atom stereocenters. The zero-order valence-electron chi connectivity index (χ0n) is 19.7. The number of fused-ring (bicyclic) bond motifs is 1. The summed E-state index contributed by atoms with van der Waals surface area (Å²) in [6, 6.07) is 3.83. The third kappa shape index (κ3) is 4.21. The molecular weight excluding hydrogens is 480 g/mol. The molecule has 0 saturated carbocycles. The van der Waals surface area contributed by atoms with E-state index in [0.29, 0.717) is 37.4 Å². The van der Waals surface area contributed by atoms with Gasteiger partial charge < -0.3 is 9.64 Å². The highest BCUT2D eigenvalue weighted by atomic mass is 19.4. The highest BCUT2D eigenvalue weighted by molar-refractivity contribution is 5.93. The van der Waals surface area contributed by atoms with Gasteiger partial charge in [-0.05, 0) is 31.2 Å². The lowest BCUT2D eigenvalue weighted by Crippen LogP contribution is -2.39. The molecule has 4 aromatic rings. The minimum Gasteiger partial charge on any atom is -0.370 e. The minimum absolute atomic E-state index is 0.000978. The summed E-state index contributed by atoms with van der Waals surface area (Å²) in [6.45, 7) is 2.82. The SMILES string of the molecule is Cc1nc2c(-c3ccc(C(F)(F)F)cc3F)nc(N3CCO[C@@H](c4cnn(C)c4)C3)cc2c(=O)n1C. The Balaban J connectivity index is 1.67. The molecule has 36 heavy (non-hydrogen) atoms. The van der Waals surface area contributed by atoms with Crippen LogP contribution in [0.2, 0.25) is 0 Å². The van der Waals surface area contributed by atoms with Crippen LogP contribution in [0.3, 0.4) is 0 Å². The van der Waals surface area contributed by atoms with Crippen molar-refractivity contribution in [2.45, 2.75) is 19.2 Å². The van der Waals surface area contributed by atoms with Crippen molar-refractivity contribution >= 4 is 16.7 Å². The third-order valence-corrected chi connectivity index (χ3v) is 6.31. The molecule has 1 aliphatic rings. The van der Waals surface area contributed by atoms with Gasteiger partial charge in [0.25, 0.3) is 5.56 Å². The number of hydrogen-bond acceptors (Lipinski definition) is 6. The van der Waals surface area contributed by atoms with Crippen LogP contribution in [0.5, 0.6) is 0 Å². The number of nitrogens with zero attached hydrogens (tertiary/aromatic N) is 6. The first-order chi connectivity index (χ1) is 17.0. The number of alkyl halides is 3. The van der Waals surface area contributed by atoms with Crippen molar-refractivity contribution in [1.82, 2.24) is 24.3 Å². The summed E-state index contributed by atoms with van der Waals surface area (Å²) in [4.78, 5) is 24.1. The molecule has 1 aromatic carbocycles. The standard InChI is InChI=1S/C24H22F4N6O2/c1-13-30-22-17(23(35)33(13)3)9-20(34-6-7-36-19(12-34)14-10-29-32(2)11-14)31-21(22)16-5-4-15(8-18(16)25)24(26,27)28/h4-5,8-11,19H,6-7,12H2,1-3H3/t19-/m1/s1. The van der Waals surface area contributed by atoms with Crippen LogP contribution in [-0.4, -0.2) is 44.0 Å². The smallest absolute Gasteiger partial charge is 0.370 e. The molecule has 0 N–H and O–H groups in total. The number of morpholine rings is 1. The van der Waals surface area contributed by atoms with Crippen molar-refractivity contribution in [1.29, 1.82) is 0 Å². The van der Waals surface area contributed by atoms with Crippen molar-refractivity contribution < 1.29 is 22.3 Å². The van der Waals surface area contributed by atoms with Gasteiger partial charge in [0.1, 0.15) is 34.8 Å². The van der Waals surface area contributed by atoms with Crippen LogP contribution in [0, 0.1) is 12.7 Å². The molecule has 8 nitrogen and oxygen atoms in total. The maximum atomic E-state index is 15.0. The molecule has 1 saturated heterocycles. The number of aromatic nitrogens is 5. The predicted molar refractivity (Wildman–Crippen MR) is 124 cm³/mol. The average molecular weight is 502 g/mol.